The first-order chi connectivity index (χ1) is 17.6. The van der Waals surface area contributed by atoms with Gasteiger partial charge in [0.2, 0.25) is 5.91 Å². The molecular weight excluding hydrogens is 571 g/mol. The first-order valence-electron chi connectivity index (χ1n) is 11.1. The van der Waals surface area contributed by atoms with Crippen LogP contribution in [0.3, 0.4) is 0 Å². The minimum atomic E-state index is -4.59. The van der Waals surface area contributed by atoms with Gasteiger partial charge in [0.15, 0.2) is 5.11 Å². The summed E-state index contributed by atoms with van der Waals surface area (Å²) in [5.41, 5.74) is 0.400. The summed E-state index contributed by atoms with van der Waals surface area (Å²) in [5.74, 6) is -0.377. The molecule has 3 aromatic rings. The van der Waals surface area contributed by atoms with Crippen molar-refractivity contribution in [2.75, 3.05) is 17.3 Å². The Morgan fingerprint density at radius 2 is 1.76 bits per heavy atom. The molecule has 0 bridgehead atoms. The monoisotopic (exact) mass is 591 g/mol. The molecule has 0 saturated carbocycles. The fourth-order valence-electron chi connectivity index (χ4n) is 3.92. The number of benzene rings is 3. The molecule has 3 aromatic carbocycles. The number of alkyl halides is 3. The standard InChI is InChI=1S/C26H21BrF3N3O3S/c1-36-21-11-5-16(6-12-21)15-32-22(14-23(34)31-19-9-7-18(27)8-10-19)24(35)33(25(32)37)20-4-2-3-17(13-20)26(28,29)30/h2-13,22H,14-15H2,1H3,(H,31,34). The molecule has 0 radical (unpaired) electrons. The molecule has 0 aliphatic carbocycles. The van der Waals surface area contributed by atoms with Crippen LogP contribution in [-0.4, -0.2) is 35.0 Å². The number of amides is 2. The third kappa shape index (κ3) is 6.11. The number of ether oxygens (including phenoxy) is 1. The highest BCUT2D eigenvalue weighted by atomic mass is 79.9. The summed E-state index contributed by atoms with van der Waals surface area (Å²) < 4.78 is 46.0. The number of hydrogen-bond donors (Lipinski definition) is 1. The predicted octanol–water partition coefficient (Wildman–Crippen LogP) is 6.01. The molecule has 4 rings (SSSR count). The Balaban J connectivity index is 1.63. The molecule has 1 heterocycles. The molecule has 1 atom stereocenters. The van der Waals surface area contributed by atoms with Gasteiger partial charge in [0.1, 0.15) is 11.8 Å². The van der Waals surface area contributed by atoms with Crippen molar-refractivity contribution in [3.63, 3.8) is 0 Å². The summed E-state index contributed by atoms with van der Waals surface area (Å²) in [7, 11) is 1.54. The van der Waals surface area contributed by atoms with Gasteiger partial charge >= 0.3 is 6.18 Å². The maximum Gasteiger partial charge on any atom is 0.416 e. The Morgan fingerprint density at radius 3 is 2.38 bits per heavy atom. The molecular formula is C26H21BrF3N3O3S. The van der Waals surface area contributed by atoms with Gasteiger partial charge < -0.3 is 15.0 Å². The molecule has 192 valence electrons. The Labute approximate surface area is 225 Å². The molecule has 11 heteroatoms. The summed E-state index contributed by atoms with van der Waals surface area (Å²) >= 11 is 8.90. The number of anilines is 2. The van der Waals surface area contributed by atoms with Gasteiger partial charge in [-0.2, -0.15) is 13.2 Å². The molecule has 6 nitrogen and oxygen atoms in total. The lowest BCUT2D eigenvalue weighted by atomic mass is 10.1. The van der Waals surface area contributed by atoms with Crippen LogP contribution in [0.5, 0.6) is 5.75 Å². The third-order valence-corrected chi connectivity index (χ3v) is 6.71. The van der Waals surface area contributed by atoms with Crippen LogP contribution in [0.25, 0.3) is 0 Å². The van der Waals surface area contributed by atoms with E-state index in [1.54, 1.807) is 53.4 Å². The Hall–Kier alpha value is -3.44. The molecule has 1 aliphatic heterocycles. The number of rotatable bonds is 7. The quantitative estimate of drug-likeness (QED) is 0.341. The van der Waals surface area contributed by atoms with Gasteiger partial charge in [0.25, 0.3) is 5.91 Å². The molecule has 1 saturated heterocycles. The number of carbonyl (C=O) groups excluding carboxylic acids is 2. The van der Waals surface area contributed by atoms with E-state index < -0.39 is 29.6 Å². The number of thiocarbonyl (C=S) groups is 1. The first kappa shape index (κ1) is 26.6. The number of nitrogens with one attached hydrogen (secondary N) is 1. The normalized spacial score (nSPS) is 15.8. The first-order valence-corrected chi connectivity index (χ1v) is 12.3. The zero-order chi connectivity index (χ0) is 26.7. The third-order valence-electron chi connectivity index (χ3n) is 5.77. The average molecular weight is 592 g/mol. The smallest absolute Gasteiger partial charge is 0.416 e. The van der Waals surface area contributed by atoms with E-state index in [0.717, 1.165) is 27.1 Å². The van der Waals surface area contributed by atoms with Crippen molar-refractivity contribution in [1.82, 2.24) is 4.90 Å². The van der Waals surface area contributed by atoms with Gasteiger partial charge in [0.05, 0.1) is 24.8 Å². The molecule has 0 aromatic heterocycles. The maximum absolute atomic E-state index is 13.5. The lowest BCUT2D eigenvalue weighted by Gasteiger charge is -2.24. The highest BCUT2D eigenvalue weighted by Crippen LogP contribution is 2.34. The van der Waals surface area contributed by atoms with Crippen molar-refractivity contribution in [3.8, 4) is 5.75 Å². The van der Waals surface area contributed by atoms with Crippen molar-refractivity contribution < 1.29 is 27.5 Å². The summed E-state index contributed by atoms with van der Waals surface area (Å²) in [4.78, 5) is 29.0. The van der Waals surface area contributed by atoms with Crippen molar-refractivity contribution in [3.05, 3.63) is 88.4 Å². The van der Waals surface area contributed by atoms with Crippen molar-refractivity contribution in [1.29, 1.82) is 0 Å². The van der Waals surface area contributed by atoms with Crippen molar-refractivity contribution in [2.24, 2.45) is 0 Å². The van der Waals surface area contributed by atoms with Crippen LogP contribution in [0, 0.1) is 0 Å². The average Bonchev–Trinajstić information content (AvgIpc) is 3.09. The molecule has 2 amide bonds. The van der Waals surface area contributed by atoms with Crippen LogP contribution >= 0.6 is 28.1 Å². The van der Waals surface area contributed by atoms with Gasteiger partial charge in [-0.05, 0) is 72.4 Å². The van der Waals surface area contributed by atoms with E-state index in [2.05, 4.69) is 21.2 Å². The van der Waals surface area contributed by atoms with Crippen LogP contribution in [0.15, 0.2) is 77.3 Å². The largest absolute Gasteiger partial charge is 0.497 e. The summed E-state index contributed by atoms with van der Waals surface area (Å²) in [6, 6.07) is 17.4. The van der Waals surface area contributed by atoms with Crippen LogP contribution in [0.4, 0.5) is 24.5 Å². The number of hydrogen-bond acceptors (Lipinski definition) is 4. The lowest BCUT2D eigenvalue weighted by molar-refractivity contribution is -0.137. The Kier molecular flexibility index (Phi) is 7.84. The van der Waals surface area contributed by atoms with Crippen LogP contribution in [0.2, 0.25) is 0 Å². The van der Waals surface area contributed by atoms with Crippen LogP contribution in [0.1, 0.15) is 17.5 Å². The van der Waals surface area contributed by atoms with Crippen molar-refractivity contribution in [2.45, 2.75) is 25.2 Å². The summed E-state index contributed by atoms with van der Waals surface area (Å²) in [6.07, 6.45) is -4.84. The van der Waals surface area contributed by atoms with Gasteiger partial charge in [0, 0.05) is 16.7 Å². The molecule has 1 N–H and O–H groups in total. The van der Waals surface area contributed by atoms with Gasteiger partial charge in [-0.3, -0.25) is 14.5 Å². The van der Waals surface area contributed by atoms with Gasteiger partial charge in [-0.15, -0.1) is 0 Å². The van der Waals surface area contributed by atoms with E-state index >= 15 is 0 Å². The van der Waals surface area contributed by atoms with E-state index in [1.165, 1.54) is 19.2 Å². The summed E-state index contributed by atoms with van der Waals surface area (Å²) in [6.45, 7) is 0.167. The molecule has 37 heavy (non-hydrogen) atoms. The zero-order valence-corrected chi connectivity index (χ0v) is 21.9. The summed E-state index contributed by atoms with van der Waals surface area (Å²) in [5, 5.41) is 2.76. The number of methoxy groups -OCH3 is 1. The number of carbonyl (C=O) groups is 2. The number of halogens is 4. The minimum Gasteiger partial charge on any atom is -0.497 e. The molecule has 1 fully saturated rings. The Morgan fingerprint density at radius 1 is 1.08 bits per heavy atom. The zero-order valence-electron chi connectivity index (χ0n) is 19.5. The van der Waals surface area contributed by atoms with E-state index in [4.69, 9.17) is 17.0 Å². The van der Waals surface area contributed by atoms with E-state index in [1.807, 2.05) is 0 Å². The second-order valence-electron chi connectivity index (χ2n) is 8.26. The second kappa shape index (κ2) is 10.9. The maximum atomic E-state index is 13.5. The van der Waals surface area contributed by atoms with Crippen LogP contribution in [-0.2, 0) is 22.3 Å². The minimum absolute atomic E-state index is 0.0135. The SMILES string of the molecule is COc1ccc(CN2C(=S)N(c3cccc(C(F)(F)F)c3)C(=O)C2CC(=O)Nc2ccc(Br)cc2)cc1. The highest BCUT2D eigenvalue weighted by molar-refractivity contribution is 9.10. The lowest BCUT2D eigenvalue weighted by Crippen LogP contribution is -2.37. The molecule has 1 aliphatic rings. The van der Waals surface area contributed by atoms with E-state index in [0.29, 0.717) is 11.4 Å². The fraction of sp³-hybridized carbons (Fsp3) is 0.192. The predicted molar refractivity (Wildman–Crippen MR) is 141 cm³/mol. The van der Waals surface area contributed by atoms with E-state index in [-0.39, 0.29) is 23.8 Å². The molecule has 1 unspecified atom stereocenters. The number of nitrogens with zero attached hydrogens (tertiary/aromatic N) is 2. The fourth-order valence-corrected chi connectivity index (χ4v) is 4.57. The molecule has 0 spiro atoms. The topological polar surface area (TPSA) is 61.9 Å². The Bertz CT molecular complexity index is 1320. The van der Waals surface area contributed by atoms with Gasteiger partial charge in [-0.25, -0.2) is 0 Å². The van der Waals surface area contributed by atoms with Crippen molar-refractivity contribution >= 4 is 56.4 Å². The van der Waals surface area contributed by atoms with Gasteiger partial charge in [-0.1, -0.05) is 34.1 Å². The highest BCUT2D eigenvalue weighted by Gasteiger charge is 2.44. The van der Waals surface area contributed by atoms with Crippen LogP contribution < -0.4 is 15.0 Å². The van der Waals surface area contributed by atoms with E-state index in [9.17, 15) is 22.8 Å². The second-order valence-corrected chi connectivity index (χ2v) is 9.54.